The maximum atomic E-state index is 12.7. The minimum atomic E-state index is -1.02. The van der Waals surface area contributed by atoms with Crippen LogP contribution in [0, 0.1) is 0 Å². The Hall–Kier alpha value is -2.29. The highest BCUT2D eigenvalue weighted by Gasteiger charge is 2.30. The van der Waals surface area contributed by atoms with Gasteiger partial charge in [-0.15, -0.1) is 0 Å². The third-order valence-corrected chi connectivity index (χ3v) is 5.57. The molecule has 0 saturated carbocycles. The van der Waals surface area contributed by atoms with Crippen molar-refractivity contribution in [3.05, 3.63) is 27.7 Å². The molecule has 0 aromatic heterocycles. The van der Waals surface area contributed by atoms with Crippen molar-refractivity contribution in [3.63, 3.8) is 0 Å². The predicted molar refractivity (Wildman–Crippen MR) is 111 cm³/mol. The molecule has 29 heavy (non-hydrogen) atoms. The van der Waals surface area contributed by atoms with E-state index >= 15 is 0 Å². The van der Waals surface area contributed by atoms with Gasteiger partial charge in [-0.2, -0.15) is 0 Å². The molecule has 3 rings (SSSR count). The van der Waals surface area contributed by atoms with Crippen LogP contribution in [0.3, 0.4) is 0 Å². The van der Waals surface area contributed by atoms with Crippen molar-refractivity contribution >= 4 is 39.6 Å². The highest BCUT2D eigenvalue weighted by molar-refractivity contribution is 9.10. The van der Waals surface area contributed by atoms with E-state index in [0.29, 0.717) is 44.7 Å². The zero-order chi connectivity index (χ0) is 21.3. The highest BCUT2D eigenvalue weighted by atomic mass is 79.9. The minimum absolute atomic E-state index is 0.255. The lowest BCUT2D eigenvalue weighted by Gasteiger charge is -2.37. The Morgan fingerprint density at radius 1 is 1.14 bits per heavy atom. The molecule has 1 N–H and O–H groups in total. The van der Waals surface area contributed by atoms with Crippen molar-refractivity contribution in [1.29, 1.82) is 0 Å². The number of carboxylic acid groups (broad SMARTS) is 1. The molecule has 2 aliphatic heterocycles. The van der Waals surface area contributed by atoms with E-state index in [1.807, 2.05) is 32.9 Å². The van der Waals surface area contributed by atoms with Gasteiger partial charge in [0.15, 0.2) is 0 Å². The summed E-state index contributed by atoms with van der Waals surface area (Å²) in [6.07, 6.45) is 0.306. The highest BCUT2D eigenvalue weighted by Crippen LogP contribution is 2.33. The molecule has 0 unspecified atom stereocenters. The van der Waals surface area contributed by atoms with Gasteiger partial charge in [-0.3, -0.25) is 9.59 Å². The second kappa shape index (κ2) is 8.22. The third-order valence-electron chi connectivity index (χ3n) is 4.94. The molecule has 1 aromatic carbocycles. The smallest absolute Gasteiger partial charge is 0.410 e. The van der Waals surface area contributed by atoms with Crippen LogP contribution in [0.2, 0.25) is 0 Å². The number of anilines is 1. The van der Waals surface area contributed by atoms with Crippen LogP contribution in [0.1, 0.15) is 36.7 Å². The van der Waals surface area contributed by atoms with Gasteiger partial charge >= 0.3 is 12.1 Å². The van der Waals surface area contributed by atoms with E-state index in [0.717, 1.165) is 15.7 Å². The van der Waals surface area contributed by atoms with Crippen LogP contribution in [-0.4, -0.2) is 77.7 Å². The Labute approximate surface area is 178 Å². The number of fused-ring (bicyclic) bond motifs is 1. The van der Waals surface area contributed by atoms with Crippen molar-refractivity contribution < 1.29 is 24.2 Å². The maximum absolute atomic E-state index is 12.7. The molecule has 1 saturated heterocycles. The molecular weight excluding hydrogens is 442 g/mol. The van der Waals surface area contributed by atoms with Gasteiger partial charge in [-0.1, -0.05) is 0 Å². The van der Waals surface area contributed by atoms with Crippen molar-refractivity contribution in [1.82, 2.24) is 9.80 Å². The monoisotopic (exact) mass is 467 g/mol. The molecule has 1 aromatic rings. The molecule has 2 aliphatic rings. The molecule has 0 atom stereocenters. The van der Waals surface area contributed by atoms with Crippen molar-refractivity contribution in [3.8, 4) is 0 Å². The molecule has 0 spiro atoms. The number of ether oxygens (including phenoxy) is 1. The summed E-state index contributed by atoms with van der Waals surface area (Å²) < 4.78 is 6.33. The number of aliphatic carboxylic acids is 1. The van der Waals surface area contributed by atoms with E-state index in [1.165, 1.54) is 4.90 Å². The Balaban J connectivity index is 1.73. The summed E-state index contributed by atoms with van der Waals surface area (Å²) >= 11 is 3.60. The number of carbonyl (C=O) groups excluding carboxylic acids is 2. The summed E-state index contributed by atoms with van der Waals surface area (Å²) in [6.45, 7) is 7.92. The van der Waals surface area contributed by atoms with E-state index in [-0.39, 0.29) is 18.5 Å². The Bertz CT molecular complexity index is 828. The average Bonchev–Trinajstić information content (AvgIpc) is 2.62. The topological polar surface area (TPSA) is 90.4 Å². The van der Waals surface area contributed by atoms with E-state index in [4.69, 9.17) is 9.84 Å². The first kappa shape index (κ1) is 21.4. The van der Waals surface area contributed by atoms with E-state index in [9.17, 15) is 14.4 Å². The molecule has 2 heterocycles. The van der Waals surface area contributed by atoms with Crippen LogP contribution in [0.15, 0.2) is 16.6 Å². The minimum Gasteiger partial charge on any atom is -0.480 e. The van der Waals surface area contributed by atoms with Gasteiger partial charge in [0.1, 0.15) is 12.1 Å². The quantitative estimate of drug-likeness (QED) is 0.734. The summed E-state index contributed by atoms with van der Waals surface area (Å²) in [5, 5.41) is 9.02. The lowest BCUT2D eigenvalue weighted by atomic mass is 9.97. The van der Waals surface area contributed by atoms with Crippen LogP contribution in [-0.2, 0) is 16.0 Å². The third kappa shape index (κ3) is 5.01. The van der Waals surface area contributed by atoms with Crippen LogP contribution in [0.25, 0.3) is 0 Å². The lowest BCUT2D eigenvalue weighted by Crippen LogP contribution is -2.50. The number of piperazine rings is 1. The van der Waals surface area contributed by atoms with Gasteiger partial charge in [0.2, 0.25) is 0 Å². The number of nitrogens with zero attached hydrogens (tertiary/aromatic N) is 3. The number of carboxylic acids is 1. The number of carbonyl (C=O) groups is 3. The Morgan fingerprint density at radius 2 is 1.79 bits per heavy atom. The summed E-state index contributed by atoms with van der Waals surface area (Å²) in [6, 6.07) is 3.78. The van der Waals surface area contributed by atoms with Gasteiger partial charge in [-0.05, 0) is 60.8 Å². The first-order chi connectivity index (χ1) is 13.5. The molecule has 8 nitrogen and oxygen atoms in total. The number of hydrogen-bond acceptors (Lipinski definition) is 5. The molecule has 9 heteroatoms. The van der Waals surface area contributed by atoms with Gasteiger partial charge < -0.3 is 24.5 Å². The fraction of sp³-hybridized carbons (Fsp3) is 0.550. The molecule has 2 amide bonds. The standard InChI is InChI=1S/C20H26BrN3O5/c1-20(2,3)29-19(28)23-8-6-22(7-9-23)16-11-14-13(10-15(16)21)4-5-24(18(14)27)12-17(25)26/h10-11H,4-9,12H2,1-3H3,(H,25,26). The molecule has 0 radical (unpaired) electrons. The van der Waals surface area contributed by atoms with Crippen LogP contribution >= 0.6 is 15.9 Å². The molecule has 0 bridgehead atoms. The second-order valence-electron chi connectivity index (χ2n) is 8.29. The Morgan fingerprint density at radius 3 is 2.38 bits per heavy atom. The fourth-order valence-electron chi connectivity index (χ4n) is 3.55. The summed E-state index contributed by atoms with van der Waals surface area (Å²) in [5.74, 6) is -1.27. The summed E-state index contributed by atoms with van der Waals surface area (Å²) in [7, 11) is 0. The fourth-order valence-corrected chi connectivity index (χ4v) is 4.19. The van der Waals surface area contributed by atoms with Gasteiger partial charge in [0.05, 0.1) is 5.69 Å². The van der Waals surface area contributed by atoms with Gasteiger partial charge in [0.25, 0.3) is 5.91 Å². The second-order valence-corrected chi connectivity index (χ2v) is 9.14. The van der Waals surface area contributed by atoms with E-state index < -0.39 is 11.6 Å². The average molecular weight is 468 g/mol. The van der Waals surface area contributed by atoms with Crippen LogP contribution < -0.4 is 4.90 Å². The van der Waals surface area contributed by atoms with Gasteiger partial charge in [0, 0.05) is 42.8 Å². The van der Waals surface area contributed by atoms with E-state index in [1.54, 1.807) is 4.90 Å². The SMILES string of the molecule is CC(C)(C)OC(=O)N1CCN(c2cc3c(cc2Br)CCN(CC(=O)O)C3=O)CC1. The summed E-state index contributed by atoms with van der Waals surface area (Å²) in [5.41, 5.74) is 1.81. The zero-order valence-corrected chi connectivity index (χ0v) is 18.5. The maximum Gasteiger partial charge on any atom is 0.410 e. The van der Waals surface area contributed by atoms with Crippen molar-refractivity contribution in [2.75, 3.05) is 44.2 Å². The molecule has 158 valence electrons. The first-order valence-corrected chi connectivity index (χ1v) is 10.4. The lowest BCUT2D eigenvalue weighted by molar-refractivity contribution is -0.137. The van der Waals surface area contributed by atoms with Gasteiger partial charge in [-0.25, -0.2) is 4.79 Å². The number of benzene rings is 1. The van der Waals surface area contributed by atoms with Crippen LogP contribution in [0.4, 0.5) is 10.5 Å². The zero-order valence-electron chi connectivity index (χ0n) is 16.9. The number of halogens is 1. The largest absolute Gasteiger partial charge is 0.480 e. The normalized spacial score (nSPS) is 17.2. The van der Waals surface area contributed by atoms with Crippen LogP contribution in [0.5, 0.6) is 0 Å². The number of hydrogen-bond donors (Lipinski definition) is 1. The molecular formula is C20H26BrN3O5. The Kier molecular flexibility index (Phi) is 6.07. The summed E-state index contributed by atoms with van der Waals surface area (Å²) in [4.78, 5) is 41.2. The molecule has 1 fully saturated rings. The number of rotatable bonds is 3. The van der Waals surface area contributed by atoms with Crippen molar-refractivity contribution in [2.24, 2.45) is 0 Å². The predicted octanol–water partition coefficient (Wildman–Crippen LogP) is 2.59. The number of amides is 2. The van der Waals surface area contributed by atoms with E-state index in [2.05, 4.69) is 20.8 Å². The first-order valence-electron chi connectivity index (χ1n) is 9.61. The molecule has 0 aliphatic carbocycles. The van der Waals surface area contributed by atoms with Crippen molar-refractivity contribution in [2.45, 2.75) is 32.8 Å².